The second-order valence-corrected chi connectivity index (χ2v) is 7.31. The molecule has 0 aliphatic rings. The van der Waals surface area contributed by atoms with Crippen molar-refractivity contribution in [2.24, 2.45) is 0 Å². The zero-order chi connectivity index (χ0) is 20.4. The molecule has 1 aromatic heterocycles. The molecule has 3 N–H and O–H groups in total. The van der Waals surface area contributed by atoms with E-state index in [0.29, 0.717) is 10.7 Å². The van der Waals surface area contributed by atoms with Crippen molar-refractivity contribution in [1.29, 1.82) is 0 Å². The predicted molar refractivity (Wildman–Crippen MR) is 109 cm³/mol. The van der Waals surface area contributed by atoms with Gasteiger partial charge in [-0.15, -0.1) is 11.3 Å². The van der Waals surface area contributed by atoms with Crippen molar-refractivity contribution in [3.8, 4) is 17.0 Å². The number of methoxy groups -OCH3 is 1. The molecular weight excluding hydrogens is 380 g/mol. The van der Waals surface area contributed by atoms with Crippen LogP contribution in [0.2, 0.25) is 0 Å². The minimum absolute atomic E-state index is 0.0468. The highest BCUT2D eigenvalue weighted by Gasteiger charge is 2.22. The summed E-state index contributed by atoms with van der Waals surface area (Å²) in [5, 5.41) is 14.2. The number of amides is 1. The fourth-order valence-corrected chi connectivity index (χ4v) is 3.58. The molecule has 0 fully saturated rings. The smallest absolute Gasteiger partial charge is 0.293 e. The number of benzene rings is 2. The van der Waals surface area contributed by atoms with Gasteiger partial charge >= 0.3 is 0 Å². The molecule has 1 heterocycles. The predicted octanol–water partition coefficient (Wildman–Crippen LogP) is 4.18. The van der Waals surface area contributed by atoms with Gasteiger partial charge in [0.25, 0.3) is 11.6 Å². The molecule has 2 aromatic carbocycles. The third-order valence-corrected chi connectivity index (χ3v) is 5.01. The van der Waals surface area contributed by atoms with E-state index in [0.717, 1.165) is 21.9 Å². The van der Waals surface area contributed by atoms with Crippen molar-refractivity contribution in [2.75, 3.05) is 18.2 Å². The summed E-state index contributed by atoms with van der Waals surface area (Å²) < 4.78 is 5.15. The quantitative estimate of drug-likeness (QED) is 0.378. The zero-order valence-electron chi connectivity index (χ0n) is 15.5. The van der Waals surface area contributed by atoms with Gasteiger partial charge in [-0.25, -0.2) is 4.98 Å². The molecule has 9 heteroatoms. The van der Waals surface area contributed by atoms with E-state index in [1.807, 2.05) is 31.2 Å². The van der Waals surface area contributed by atoms with E-state index in [1.165, 1.54) is 23.5 Å². The molecule has 0 atom stereocenters. The molecule has 0 bridgehead atoms. The van der Waals surface area contributed by atoms with E-state index in [9.17, 15) is 14.9 Å². The number of nitrogens with zero attached hydrogens (tertiary/aromatic N) is 2. The number of nitrogen functional groups attached to an aromatic ring is 1. The van der Waals surface area contributed by atoms with Crippen molar-refractivity contribution >= 4 is 33.8 Å². The first kappa shape index (κ1) is 19.3. The summed E-state index contributed by atoms with van der Waals surface area (Å²) in [7, 11) is 1.60. The Labute approximate surface area is 165 Å². The summed E-state index contributed by atoms with van der Waals surface area (Å²) in [5.41, 5.74) is 7.62. The van der Waals surface area contributed by atoms with Gasteiger partial charge in [0.2, 0.25) is 0 Å². The lowest BCUT2D eigenvalue weighted by molar-refractivity contribution is -0.384. The van der Waals surface area contributed by atoms with Crippen molar-refractivity contribution in [3.63, 3.8) is 0 Å². The monoisotopic (exact) mass is 398 g/mol. The fraction of sp³-hybridized carbons (Fsp3) is 0.158. The molecule has 0 unspecified atom stereocenters. The van der Waals surface area contributed by atoms with Crippen LogP contribution in [0.1, 0.15) is 20.8 Å². The molecule has 3 rings (SSSR count). The number of aromatic nitrogens is 1. The second-order valence-electron chi connectivity index (χ2n) is 6.11. The number of nitro benzene ring substituents is 1. The minimum Gasteiger partial charge on any atom is -0.497 e. The molecule has 144 valence electrons. The van der Waals surface area contributed by atoms with Crippen LogP contribution in [-0.2, 0) is 0 Å². The average Bonchev–Trinajstić information content (AvgIpc) is 3.03. The standard InChI is InChI=1S/C19H18N4O4S/c1-10-8-14(16(20)15(9-10)23(25)26)18(24)22-19-21-17(11(2)28-19)12-4-6-13(27-3)7-5-12/h4-9H,20H2,1-3H3,(H,21,22,24). The zero-order valence-corrected chi connectivity index (χ0v) is 16.3. The fourth-order valence-electron chi connectivity index (χ4n) is 2.75. The molecule has 0 spiro atoms. The van der Waals surface area contributed by atoms with E-state index in [-0.39, 0.29) is 16.9 Å². The number of carbonyl (C=O) groups is 1. The Morgan fingerprint density at radius 1 is 1.25 bits per heavy atom. The molecule has 0 aliphatic carbocycles. The van der Waals surface area contributed by atoms with E-state index in [4.69, 9.17) is 10.5 Å². The lowest BCUT2D eigenvalue weighted by atomic mass is 10.1. The molecule has 0 saturated carbocycles. The Bertz CT molecular complexity index is 1060. The topological polar surface area (TPSA) is 120 Å². The second kappa shape index (κ2) is 7.65. The van der Waals surface area contributed by atoms with Gasteiger partial charge in [-0.05, 0) is 49.7 Å². The number of hydrogen-bond acceptors (Lipinski definition) is 7. The van der Waals surface area contributed by atoms with Gasteiger partial charge in [0.15, 0.2) is 5.13 Å². The van der Waals surface area contributed by atoms with E-state index < -0.39 is 10.8 Å². The van der Waals surface area contributed by atoms with Crippen LogP contribution in [-0.4, -0.2) is 22.9 Å². The average molecular weight is 398 g/mol. The first-order valence-corrected chi connectivity index (χ1v) is 9.09. The molecular formula is C19H18N4O4S. The van der Waals surface area contributed by atoms with Gasteiger partial charge in [0, 0.05) is 16.5 Å². The summed E-state index contributed by atoms with van der Waals surface area (Å²) in [6.07, 6.45) is 0. The summed E-state index contributed by atoms with van der Waals surface area (Å²) in [6.45, 7) is 3.57. The highest BCUT2D eigenvalue weighted by atomic mass is 32.1. The summed E-state index contributed by atoms with van der Waals surface area (Å²) in [6, 6.07) is 10.3. The van der Waals surface area contributed by atoms with E-state index in [1.54, 1.807) is 14.0 Å². The largest absolute Gasteiger partial charge is 0.497 e. The highest BCUT2D eigenvalue weighted by Crippen LogP contribution is 2.32. The Hall–Kier alpha value is -3.46. The third kappa shape index (κ3) is 3.79. The van der Waals surface area contributed by atoms with Crippen LogP contribution >= 0.6 is 11.3 Å². The normalized spacial score (nSPS) is 10.5. The number of nitrogens with one attached hydrogen (secondary N) is 1. The van der Waals surface area contributed by atoms with Crippen LogP contribution in [0, 0.1) is 24.0 Å². The third-order valence-electron chi connectivity index (χ3n) is 4.12. The maximum atomic E-state index is 12.6. The Balaban J connectivity index is 1.89. The van der Waals surface area contributed by atoms with Crippen molar-refractivity contribution in [3.05, 3.63) is 62.5 Å². The van der Waals surface area contributed by atoms with Crippen LogP contribution in [0.4, 0.5) is 16.5 Å². The molecule has 1 amide bonds. The van der Waals surface area contributed by atoms with Crippen molar-refractivity contribution in [1.82, 2.24) is 4.98 Å². The lowest BCUT2D eigenvalue weighted by Gasteiger charge is -2.07. The first-order valence-electron chi connectivity index (χ1n) is 8.28. The molecule has 0 radical (unpaired) electrons. The van der Waals surface area contributed by atoms with Gasteiger partial charge in [0.1, 0.15) is 11.4 Å². The Morgan fingerprint density at radius 2 is 1.93 bits per heavy atom. The molecule has 0 saturated heterocycles. The molecule has 3 aromatic rings. The van der Waals surface area contributed by atoms with Gasteiger partial charge in [-0.1, -0.05) is 0 Å². The van der Waals surface area contributed by atoms with Crippen LogP contribution in [0.25, 0.3) is 11.3 Å². The Morgan fingerprint density at radius 3 is 2.54 bits per heavy atom. The van der Waals surface area contributed by atoms with Crippen LogP contribution in [0.15, 0.2) is 36.4 Å². The maximum absolute atomic E-state index is 12.6. The minimum atomic E-state index is -0.603. The number of anilines is 2. The molecule has 28 heavy (non-hydrogen) atoms. The van der Waals surface area contributed by atoms with Crippen molar-refractivity contribution < 1.29 is 14.5 Å². The number of carbonyl (C=O) groups excluding carboxylic acids is 1. The van der Waals surface area contributed by atoms with Gasteiger partial charge in [0.05, 0.1) is 23.3 Å². The van der Waals surface area contributed by atoms with Gasteiger partial charge in [-0.2, -0.15) is 0 Å². The number of nitro groups is 1. The van der Waals surface area contributed by atoms with Crippen molar-refractivity contribution in [2.45, 2.75) is 13.8 Å². The maximum Gasteiger partial charge on any atom is 0.293 e. The summed E-state index contributed by atoms with van der Waals surface area (Å²) >= 11 is 1.31. The number of ether oxygens (including phenoxy) is 1. The highest BCUT2D eigenvalue weighted by molar-refractivity contribution is 7.16. The molecule has 8 nitrogen and oxygen atoms in total. The summed E-state index contributed by atoms with van der Waals surface area (Å²) in [5.74, 6) is 0.195. The van der Waals surface area contributed by atoms with Gasteiger partial charge < -0.3 is 10.5 Å². The number of hydrogen-bond donors (Lipinski definition) is 2. The van der Waals surface area contributed by atoms with Crippen LogP contribution < -0.4 is 15.8 Å². The molecule has 0 aliphatic heterocycles. The lowest BCUT2D eigenvalue weighted by Crippen LogP contribution is -2.15. The first-order chi connectivity index (χ1) is 13.3. The van der Waals surface area contributed by atoms with E-state index in [2.05, 4.69) is 10.3 Å². The SMILES string of the molecule is COc1ccc(-c2nc(NC(=O)c3cc(C)cc([N+](=O)[O-])c3N)sc2C)cc1. The van der Waals surface area contributed by atoms with Gasteiger partial charge in [-0.3, -0.25) is 20.2 Å². The number of aryl methyl sites for hydroxylation is 2. The Kier molecular flexibility index (Phi) is 5.27. The van der Waals surface area contributed by atoms with Crippen LogP contribution in [0.5, 0.6) is 5.75 Å². The van der Waals surface area contributed by atoms with E-state index >= 15 is 0 Å². The number of rotatable bonds is 5. The van der Waals surface area contributed by atoms with Crippen LogP contribution in [0.3, 0.4) is 0 Å². The number of nitrogens with two attached hydrogens (primary N) is 1. The number of thiazole rings is 1. The summed E-state index contributed by atoms with van der Waals surface area (Å²) in [4.78, 5) is 28.6.